The summed E-state index contributed by atoms with van der Waals surface area (Å²) in [5.41, 5.74) is 2.62. The Labute approximate surface area is 242 Å². The molecule has 4 aliphatic carbocycles. The number of allylic oxidation sites excluding steroid dienone is 1. The van der Waals surface area contributed by atoms with E-state index in [2.05, 4.69) is 6.92 Å². The fourth-order valence-electron chi connectivity index (χ4n) is 7.48. The van der Waals surface area contributed by atoms with Gasteiger partial charge < -0.3 is 24.1 Å². The van der Waals surface area contributed by atoms with E-state index in [9.17, 15) is 14.7 Å². The Hall–Kier alpha value is -3.16. The second-order valence-corrected chi connectivity index (χ2v) is 12.0. The molecule has 0 unspecified atom stereocenters. The lowest BCUT2D eigenvalue weighted by Crippen LogP contribution is -2.48. The lowest BCUT2D eigenvalue weighted by molar-refractivity contribution is -0.0190. The molecule has 0 aromatic heterocycles. The highest BCUT2D eigenvalue weighted by molar-refractivity contribution is 6.09. The van der Waals surface area contributed by atoms with Crippen molar-refractivity contribution in [3.8, 4) is 11.5 Å². The molecule has 0 amide bonds. The van der Waals surface area contributed by atoms with E-state index in [1.165, 1.54) is 31.4 Å². The van der Waals surface area contributed by atoms with Crippen molar-refractivity contribution < 1.29 is 33.6 Å². The lowest BCUT2D eigenvalue weighted by Gasteiger charge is -2.57. The number of aromatic carboxylic acids is 1. The maximum atomic E-state index is 13.7. The van der Waals surface area contributed by atoms with Crippen LogP contribution in [0.3, 0.4) is 0 Å². The van der Waals surface area contributed by atoms with Crippen molar-refractivity contribution in [3.63, 3.8) is 0 Å². The summed E-state index contributed by atoms with van der Waals surface area (Å²) in [4.78, 5) is 24.9. The zero-order valence-corrected chi connectivity index (χ0v) is 24.2. The molecule has 0 heterocycles. The van der Waals surface area contributed by atoms with Crippen LogP contribution in [0.15, 0.2) is 42.5 Å². The minimum absolute atomic E-state index is 0.00394. The van der Waals surface area contributed by atoms with E-state index in [0.717, 1.165) is 66.7 Å². The third-order valence-electron chi connectivity index (χ3n) is 9.03. The van der Waals surface area contributed by atoms with Gasteiger partial charge in [0.15, 0.2) is 12.6 Å². The average molecular weight is 563 g/mol. The third-order valence-corrected chi connectivity index (χ3v) is 9.03. The highest BCUT2D eigenvalue weighted by Gasteiger charge is 2.52. The first-order valence-corrected chi connectivity index (χ1v) is 15.0. The highest BCUT2D eigenvalue weighted by atomic mass is 16.7. The van der Waals surface area contributed by atoms with Gasteiger partial charge in [0, 0.05) is 18.7 Å². The fraction of sp³-hybridized carbons (Fsp3) is 0.529. The van der Waals surface area contributed by atoms with Crippen LogP contribution in [-0.2, 0) is 14.9 Å². The van der Waals surface area contributed by atoms with Crippen LogP contribution in [-0.4, -0.2) is 50.6 Å². The van der Waals surface area contributed by atoms with Gasteiger partial charge in [-0.1, -0.05) is 31.6 Å². The van der Waals surface area contributed by atoms with Gasteiger partial charge in [0.05, 0.1) is 30.9 Å². The summed E-state index contributed by atoms with van der Waals surface area (Å²) in [5, 5.41) is 9.18. The number of ketones is 1. The molecule has 1 N–H and O–H groups in total. The van der Waals surface area contributed by atoms with Crippen molar-refractivity contribution >= 4 is 17.8 Å². The Kier molecular flexibility index (Phi) is 9.46. The summed E-state index contributed by atoms with van der Waals surface area (Å²) in [6.45, 7) is 3.66. The number of unbranched alkanes of at least 4 members (excludes halogenated alkanes) is 1. The summed E-state index contributed by atoms with van der Waals surface area (Å²) in [5.74, 6) is 2.36. The van der Waals surface area contributed by atoms with Gasteiger partial charge in [-0.25, -0.2) is 4.79 Å². The van der Waals surface area contributed by atoms with Crippen molar-refractivity contribution in [2.45, 2.75) is 63.7 Å². The van der Waals surface area contributed by atoms with Crippen molar-refractivity contribution in [3.05, 3.63) is 64.7 Å². The summed E-state index contributed by atoms with van der Waals surface area (Å²) < 4.78 is 23.2. The van der Waals surface area contributed by atoms with Gasteiger partial charge in [-0.15, -0.1) is 0 Å². The number of carbonyl (C=O) groups is 2. The Morgan fingerprint density at radius 3 is 2.22 bits per heavy atom. The first-order chi connectivity index (χ1) is 19.9. The number of hydrogen-bond acceptors (Lipinski definition) is 6. The van der Waals surface area contributed by atoms with Crippen LogP contribution < -0.4 is 9.47 Å². The Morgan fingerprint density at radius 2 is 1.61 bits per heavy atom. The topological polar surface area (TPSA) is 91.3 Å². The molecule has 0 spiro atoms. The van der Waals surface area contributed by atoms with Crippen LogP contribution in [0, 0.1) is 17.8 Å². The third kappa shape index (κ3) is 6.84. The predicted molar refractivity (Wildman–Crippen MR) is 157 cm³/mol. The van der Waals surface area contributed by atoms with Gasteiger partial charge in [-0.05, 0) is 98.0 Å². The maximum absolute atomic E-state index is 13.7. The maximum Gasteiger partial charge on any atom is 0.335 e. The molecule has 0 radical (unpaired) electrons. The Bertz CT molecular complexity index is 1210. The molecular weight excluding hydrogens is 520 g/mol. The smallest absolute Gasteiger partial charge is 0.335 e. The van der Waals surface area contributed by atoms with Gasteiger partial charge >= 0.3 is 5.97 Å². The molecule has 0 aliphatic heterocycles. The van der Waals surface area contributed by atoms with Crippen LogP contribution in [0.4, 0.5) is 0 Å². The van der Waals surface area contributed by atoms with Crippen LogP contribution in [0.25, 0.3) is 6.08 Å². The molecule has 4 fully saturated rings. The highest BCUT2D eigenvalue weighted by Crippen LogP contribution is 2.62. The van der Waals surface area contributed by atoms with E-state index in [1.54, 1.807) is 31.4 Å². The molecule has 7 nitrogen and oxygen atoms in total. The average Bonchev–Trinajstić information content (AvgIpc) is 2.95. The van der Waals surface area contributed by atoms with Crippen LogP contribution in [0.5, 0.6) is 11.5 Å². The summed E-state index contributed by atoms with van der Waals surface area (Å²) in [6, 6.07) is 10.4. The van der Waals surface area contributed by atoms with Crippen molar-refractivity contribution in [1.82, 2.24) is 0 Å². The van der Waals surface area contributed by atoms with Gasteiger partial charge in [0.1, 0.15) is 11.5 Å². The molecule has 6 rings (SSSR count). The Morgan fingerprint density at radius 1 is 0.927 bits per heavy atom. The lowest BCUT2D eigenvalue weighted by atomic mass is 9.48. The van der Waals surface area contributed by atoms with Crippen molar-refractivity contribution in [2.24, 2.45) is 17.8 Å². The van der Waals surface area contributed by atoms with Gasteiger partial charge in [0.2, 0.25) is 0 Å². The molecule has 4 saturated carbocycles. The largest absolute Gasteiger partial charge is 0.493 e. The molecule has 2 aromatic rings. The molecule has 220 valence electrons. The first-order valence-electron chi connectivity index (χ1n) is 15.0. The van der Waals surface area contributed by atoms with E-state index in [0.29, 0.717) is 31.1 Å². The minimum Gasteiger partial charge on any atom is -0.493 e. The number of ether oxygens (including phenoxy) is 4. The molecule has 0 saturated heterocycles. The first kappa shape index (κ1) is 29.3. The van der Waals surface area contributed by atoms with E-state index < -0.39 is 5.97 Å². The molecule has 41 heavy (non-hydrogen) atoms. The molecule has 7 heteroatoms. The second kappa shape index (κ2) is 13.2. The van der Waals surface area contributed by atoms with Gasteiger partial charge in [-0.2, -0.15) is 0 Å². The SMILES string of the molecule is CCCCOc1cc(OCOCCOC)c(C23CC4CC(CC(C4)C2)C3)cc1C(=O)/C=C/c1ccc(C(=O)O)cc1. The molecule has 4 bridgehead atoms. The minimum atomic E-state index is -0.978. The summed E-state index contributed by atoms with van der Waals surface area (Å²) in [7, 11) is 1.64. The van der Waals surface area contributed by atoms with E-state index in [-0.39, 0.29) is 23.6 Å². The number of carboxylic acids is 1. The van der Waals surface area contributed by atoms with Crippen LogP contribution >= 0.6 is 0 Å². The number of methoxy groups -OCH3 is 1. The quantitative estimate of drug-likeness (QED) is 0.109. The summed E-state index contributed by atoms with van der Waals surface area (Å²) >= 11 is 0. The Balaban J connectivity index is 1.49. The second-order valence-electron chi connectivity index (χ2n) is 12.0. The van der Waals surface area contributed by atoms with Gasteiger partial charge in [0.25, 0.3) is 0 Å². The fourth-order valence-corrected chi connectivity index (χ4v) is 7.48. The number of benzene rings is 2. The monoisotopic (exact) mass is 562 g/mol. The van der Waals surface area contributed by atoms with E-state index in [4.69, 9.17) is 18.9 Å². The normalized spacial score (nSPS) is 24.6. The predicted octanol–water partition coefficient (Wildman–Crippen LogP) is 6.93. The number of hydrogen-bond donors (Lipinski definition) is 1. The van der Waals surface area contributed by atoms with E-state index in [1.807, 2.05) is 12.1 Å². The van der Waals surface area contributed by atoms with Crippen LogP contribution in [0.2, 0.25) is 0 Å². The van der Waals surface area contributed by atoms with E-state index >= 15 is 0 Å². The summed E-state index contributed by atoms with van der Waals surface area (Å²) in [6.07, 6.45) is 12.5. The van der Waals surface area contributed by atoms with Crippen molar-refractivity contribution in [2.75, 3.05) is 33.7 Å². The van der Waals surface area contributed by atoms with Crippen molar-refractivity contribution in [1.29, 1.82) is 0 Å². The molecule has 0 atom stereocenters. The number of carbonyl (C=O) groups excluding carboxylic acids is 1. The standard InChI is InChI=1S/C34H42O7/c1-3-4-11-40-31-18-32(41-22-39-13-12-38-2)29(34-19-24-14-25(20-34)16-26(15-24)21-34)17-28(31)30(35)10-7-23-5-8-27(9-6-23)33(36)37/h5-10,17-18,24-26H,3-4,11-16,19-22H2,1-2H3,(H,36,37)/b10-7+. The molecule has 2 aromatic carbocycles. The van der Waals surface area contributed by atoms with Crippen LogP contribution in [0.1, 0.15) is 90.1 Å². The number of carboxylic acid groups (broad SMARTS) is 1. The molecule has 4 aliphatic rings. The van der Waals surface area contributed by atoms with Gasteiger partial charge in [-0.3, -0.25) is 4.79 Å². The molecular formula is C34H42O7. The zero-order chi connectivity index (χ0) is 28.8. The number of rotatable bonds is 15. The zero-order valence-electron chi connectivity index (χ0n) is 24.2.